The van der Waals surface area contributed by atoms with Crippen LogP contribution in [0.25, 0.3) is 110 Å². The summed E-state index contributed by atoms with van der Waals surface area (Å²) in [5, 5.41) is 12.1. The van der Waals surface area contributed by atoms with Crippen molar-refractivity contribution in [2.45, 2.75) is 52.4 Å². The highest BCUT2D eigenvalue weighted by Gasteiger charge is 2.24. The van der Waals surface area contributed by atoms with Gasteiger partial charge in [-0.3, -0.25) is 4.57 Å². The summed E-state index contributed by atoms with van der Waals surface area (Å²) >= 11 is 0. The lowest BCUT2D eigenvalue weighted by Crippen LogP contribution is -2.10. The minimum absolute atomic E-state index is 0.0352. The van der Waals surface area contributed by atoms with Gasteiger partial charge in [-0.15, -0.1) is 0 Å². The Morgan fingerprint density at radius 3 is 1.45 bits per heavy atom. The van der Waals surface area contributed by atoms with Gasteiger partial charge in [-0.05, 0) is 127 Å². The highest BCUT2D eigenvalue weighted by Crippen LogP contribution is 2.42. The Morgan fingerprint density at radius 1 is 0.406 bits per heavy atom. The highest BCUT2D eigenvalue weighted by atomic mass is 15.1. The summed E-state index contributed by atoms with van der Waals surface area (Å²) in [6.45, 7) is 13.8. The molecule has 9 aromatic carbocycles. The molecule has 0 aliphatic carbocycles. The summed E-state index contributed by atoms with van der Waals surface area (Å²) in [4.78, 5) is 10.9. The number of fused-ring (bicyclic) bond motifs is 11. The predicted molar refractivity (Wildman–Crippen MR) is 271 cm³/mol. The fourth-order valence-electron chi connectivity index (χ4n) is 10.1. The van der Waals surface area contributed by atoms with Crippen molar-refractivity contribution in [3.05, 3.63) is 193 Å². The Morgan fingerprint density at radius 2 is 0.906 bits per heavy atom. The largest absolute Gasteiger partial charge is 0.309 e. The maximum Gasteiger partial charge on any atom is 0.146 e. The Labute approximate surface area is 373 Å². The summed E-state index contributed by atoms with van der Waals surface area (Å²) in [5.74, 6) is 1.67. The molecular formula is C60H48N4. The minimum atomic E-state index is 0.0352. The molecule has 12 rings (SSSR count). The van der Waals surface area contributed by atoms with Crippen LogP contribution >= 0.6 is 0 Å². The van der Waals surface area contributed by atoms with Crippen LogP contribution in [0.15, 0.2) is 182 Å². The van der Waals surface area contributed by atoms with E-state index in [1.807, 2.05) is 6.20 Å². The zero-order valence-corrected chi connectivity index (χ0v) is 37.1. The first-order chi connectivity index (χ1) is 31.0. The van der Waals surface area contributed by atoms with E-state index in [-0.39, 0.29) is 10.8 Å². The zero-order valence-electron chi connectivity index (χ0n) is 37.1. The van der Waals surface area contributed by atoms with E-state index in [0.717, 1.165) is 50.3 Å². The van der Waals surface area contributed by atoms with Crippen molar-refractivity contribution in [2.75, 3.05) is 0 Å². The third-order valence-electron chi connectivity index (χ3n) is 13.4. The molecule has 3 aromatic heterocycles. The summed E-state index contributed by atoms with van der Waals surface area (Å²) in [7, 11) is 0. The standard InChI is InChI=1S/C60H48N4/c1-59(2,3)41-26-30-52-50(34-41)51-35-42(60(4,5)6)27-31-53(51)63(52)43-28-23-37(24-29-43)58-62-56-48-21-13-11-19-46(48)47-20-12-14-22-49(47)57(56)64(58)54-32-25-40(36-61-54)55-44-17-9-7-15-38(44)33-39-16-8-10-18-45(39)55/h7-36H,1-6H3. The SMILES string of the molecule is CC(C)(C)c1ccc2c(c1)c1cc(C(C)(C)C)ccc1n2-c1ccc(-c2nc3c4ccccc4c4ccccc4c3n2-c2ccc(-c3c4ccccc4cc4ccccc34)cn2)cc1. The van der Waals surface area contributed by atoms with Crippen LogP contribution in [0.1, 0.15) is 52.7 Å². The molecule has 12 aromatic rings. The first-order valence-corrected chi connectivity index (χ1v) is 22.4. The minimum Gasteiger partial charge on any atom is -0.309 e. The number of hydrogen-bond donors (Lipinski definition) is 0. The van der Waals surface area contributed by atoms with Gasteiger partial charge in [0.1, 0.15) is 11.6 Å². The van der Waals surface area contributed by atoms with Gasteiger partial charge in [0, 0.05) is 44.6 Å². The van der Waals surface area contributed by atoms with Gasteiger partial charge in [0.05, 0.1) is 22.1 Å². The molecule has 64 heavy (non-hydrogen) atoms. The smallest absolute Gasteiger partial charge is 0.146 e. The fraction of sp³-hybridized carbons (Fsp3) is 0.133. The van der Waals surface area contributed by atoms with E-state index in [1.54, 1.807) is 0 Å². The van der Waals surface area contributed by atoms with Gasteiger partial charge in [-0.2, -0.15) is 0 Å². The second-order valence-electron chi connectivity index (χ2n) is 19.5. The molecule has 4 heteroatoms. The average molecular weight is 825 g/mol. The van der Waals surface area contributed by atoms with Crippen molar-refractivity contribution in [2.24, 2.45) is 0 Å². The Bertz CT molecular complexity index is 3710. The van der Waals surface area contributed by atoms with Crippen molar-refractivity contribution in [1.29, 1.82) is 0 Å². The van der Waals surface area contributed by atoms with E-state index >= 15 is 0 Å². The van der Waals surface area contributed by atoms with Crippen LogP contribution in [0, 0.1) is 0 Å². The van der Waals surface area contributed by atoms with Crippen molar-refractivity contribution >= 4 is 75.9 Å². The Kier molecular flexibility index (Phi) is 8.33. The lowest BCUT2D eigenvalue weighted by atomic mass is 9.85. The van der Waals surface area contributed by atoms with Gasteiger partial charge in [-0.1, -0.05) is 151 Å². The lowest BCUT2D eigenvalue weighted by Gasteiger charge is -2.19. The molecule has 0 unspecified atom stereocenters. The predicted octanol–water partition coefficient (Wildman–Crippen LogP) is 16.1. The van der Waals surface area contributed by atoms with Crippen LogP contribution in [0.3, 0.4) is 0 Å². The molecule has 0 saturated heterocycles. The number of pyridine rings is 1. The summed E-state index contributed by atoms with van der Waals surface area (Å²) < 4.78 is 4.71. The van der Waals surface area contributed by atoms with Crippen molar-refractivity contribution in [3.8, 4) is 34.0 Å². The molecule has 0 amide bonds. The van der Waals surface area contributed by atoms with Gasteiger partial charge >= 0.3 is 0 Å². The van der Waals surface area contributed by atoms with Gasteiger partial charge in [0.15, 0.2) is 0 Å². The van der Waals surface area contributed by atoms with Gasteiger partial charge in [-0.25, -0.2) is 9.97 Å². The molecule has 0 atom stereocenters. The van der Waals surface area contributed by atoms with E-state index in [4.69, 9.17) is 9.97 Å². The highest BCUT2D eigenvalue weighted by molar-refractivity contribution is 6.24. The van der Waals surface area contributed by atoms with Gasteiger partial charge in [0.25, 0.3) is 0 Å². The third-order valence-corrected chi connectivity index (χ3v) is 13.4. The molecule has 0 radical (unpaired) electrons. The van der Waals surface area contributed by atoms with Crippen LogP contribution in [0.2, 0.25) is 0 Å². The van der Waals surface area contributed by atoms with Crippen molar-refractivity contribution in [1.82, 2.24) is 19.1 Å². The number of aromatic nitrogens is 4. The molecule has 308 valence electrons. The third kappa shape index (κ3) is 5.89. The Balaban J connectivity index is 1.07. The average Bonchev–Trinajstić information content (AvgIpc) is 3.87. The van der Waals surface area contributed by atoms with Crippen LogP contribution in [-0.4, -0.2) is 19.1 Å². The number of nitrogens with zero attached hydrogens (tertiary/aromatic N) is 4. The first-order valence-electron chi connectivity index (χ1n) is 22.4. The summed E-state index contributed by atoms with van der Waals surface area (Å²) in [6, 6.07) is 64.4. The van der Waals surface area contributed by atoms with Crippen LogP contribution < -0.4 is 0 Å². The normalized spacial score (nSPS) is 12.5. The fourth-order valence-corrected chi connectivity index (χ4v) is 10.1. The molecule has 0 N–H and O–H groups in total. The lowest BCUT2D eigenvalue weighted by molar-refractivity contribution is 0.590. The molecule has 4 nitrogen and oxygen atoms in total. The van der Waals surface area contributed by atoms with E-state index in [0.29, 0.717) is 0 Å². The molecule has 3 heterocycles. The zero-order chi connectivity index (χ0) is 43.5. The van der Waals surface area contributed by atoms with Crippen LogP contribution in [-0.2, 0) is 10.8 Å². The maximum atomic E-state index is 5.57. The number of rotatable bonds is 4. The summed E-state index contributed by atoms with van der Waals surface area (Å²) in [5.41, 5.74) is 11.6. The number of imidazole rings is 1. The second-order valence-corrected chi connectivity index (χ2v) is 19.5. The summed E-state index contributed by atoms with van der Waals surface area (Å²) in [6.07, 6.45) is 2.05. The number of hydrogen-bond acceptors (Lipinski definition) is 2. The molecule has 0 aliphatic rings. The second kappa shape index (κ2) is 14.0. The molecule has 0 fully saturated rings. The maximum absolute atomic E-state index is 5.57. The van der Waals surface area contributed by atoms with Gasteiger partial charge in [0.2, 0.25) is 0 Å². The molecule has 0 saturated carbocycles. The molecule has 0 aliphatic heterocycles. The van der Waals surface area contributed by atoms with E-state index < -0.39 is 0 Å². The Hall–Kier alpha value is -7.56. The van der Waals surface area contributed by atoms with Crippen LogP contribution in [0.5, 0.6) is 0 Å². The molecule has 0 spiro atoms. The van der Waals surface area contributed by atoms with E-state index in [1.165, 1.54) is 70.8 Å². The van der Waals surface area contributed by atoms with E-state index in [2.05, 4.69) is 227 Å². The monoisotopic (exact) mass is 824 g/mol. The van der Waals surface area contributed by atoms with Gasteiger partial charge < -0.3 is 4.57 Å². The van der Waals surface area contributed by atoms with E-state index in [9.17, 15) is 0 Å². The topological polar surface area (TPSA) is 35.6 Å². The first kappa shape index (κ1) is 38.1. The van der Waals surface area contributed by atoms with Crippen molar-refractivity contribution < 1.29 is 0 Å². The molecule has 0 bridgehead atoms. The molecular weight excluding hydrogens is 777 g/mol. The quantitative estimate of drug-likeness (QED) is 0.131. The number of benzene rings is 9. The van der Waals surface area contributed by atoms with Crippen LogP contribution in [0.4, 0.5) is 0 Å². The van der Waals surface area contributed by atoms with Crippen molar-refractivity contribution in [3.63, 3.8) is 0 Å².